The predicted molar refractivity (Wildman–Crippen MR) is 92.1 cm³/mol. The Kier molecular flexibility index (Phi) is 4.76. The Balaban J connectivity index is 1.80. The Hall–Kier alpha value is -2.47. The number of nitrogens with zero attached hydrogens (tertiary/aromatic N) is 3. The first kappa shape index (κ1) is 16.4. The average Bonchev–Trinajstić information content (AvgIpc) is 2.62. The number of hydrogen-bond acceptors (Lipinski definition) is 4. The van der Waals surface area contributed by atoms with Crippen molar-refractivity contribution in [2.24, 2.45) is 11.7 Å². The number of carbonyl (C=O) groups is 1. The highest BCUT2D eigenvalue weighted by atomic mass is 16.2. The molecule has 24 heavy (non-hydrogen) atoms. The number of piperidine rings is 1. The van der Waals surface area contributed by atoms with Gasteiger partial charge in [-0.3, -0.25) is 9.59 Å². The molecule has 1 unspecified atom stereocenters. The van der Waals surface area contributed by atoms with Crippen LogP contribution >= 0.6 is 0 Å². The number of rotatable bonds is 3. The smallest absolute Gasteiger partial charge is 0.274 e. The molecule has 1 aliphatic heterocycles. The standard InChI is InChI=1S/C18H22N4O2/c1-13(19)14-9-11-21(12-10-14)18(24)16-7-8-17(23)22(20-16)15-5-3-2-4-6-15/h2-8,13-14H,9-12,19H2,1H3. The number of para-hydroxylation sites is 1. The van der Waals surface area contributed by atoms with Gasteiger partial charge in [-0.05, 0) is 43.9 Å². The van der Waals surface area contributed by atoms with E-state index in [9.17, 15) is 9.59 Å². The summed E-state index contributed by atoms with van der Waals surface area (Å²) in [6.45, 7) is 3.37. The molecule has 0 bridgehead atoms. The molecule has 2 heterocycles. The summed E-state index contributed by atoms with van der Waals surface area (Å²) in [6, 6.07) is 12.1. The third-order valence-corrected chi connectivity index (χ3v) is 4.59. The van der Waals surface area contributed by atoms with Gasteiger partial charge >= 0.3 is 0 Å². The van der Waals surface area contributed by atoms with Gasteiger partial charge in [-0.25, -0.2) is 0 Å². The Bertz CT molecular complexity index is 762. The maximum absolute atomic E-state index is 12.7. The molecule has 2 N–H and O–H groups in total. The molecule has 1 saturated heterocycles. The fourth-order valence-electron chi connectivity index (χ4n) is 3.07. The third kappa shape index (κ3) is 3.38. The van der Waals surface area contributed by atoms with Crippen LogP contribution in [0.25, 0.3) is 5.69 Å². The van der Waals surface area contributed by atoms with Crippen LogP contribution in [0.5, 0.6) is 0 Å². The van der Waals surface area contributed by atoms with Crippen molar-refractivity contribution in [1.29, 1.82) is 0 Å². The normalized spacial score (nSPS) is 16.8. The number of aromatic nitrogens is 2. The van der Waals surface area contributed by atoms with Gasteiger partial charge in [0.15, 0.2) is 0 Å². The van der Waals surface area contributed by atoms with Crippen LogP contribution < -0.4 is 11.3 Å². The zero-order valence-electron chi connectivity index (χ0n) is 13.8. The van der Waals surface area contributed by atoms with E-state index in [1.165, 1.54) is 16.8 Å². The van der Waals surface area contributed by atoms with Crippen molar-refractivity contribution >= 4 is 5.91 Å². The van der Waals surface area contributed by atoms with Crippen molar-refractivity contribution in [2.45, 2.75) is 25.8 Å². The van der Waals surface area contributed by atoms with Crippen LogP contribution in [-0.2, 0) is 0 Å². The van der Waals surface area contributed by atoms with Gasteiger partial charge in [0.25, 0.3) is 11.5 Å². The summed E-state index contributed by atoms with van der Waals surface area (Å²) in [4.78, 5) is 26.5. The predicted octanol–water partition coefficient (Wildman–Crippen LogP) is 1.43. The summed E-state index contributed by atoms with van der Waals surface area (Å²) in [6.07, 6.45) is 1.81. The van der Waals surface area contributed by atoms with E-state index in [1.54, 1.807) is 17.0 Å². The molecular formula is C18H22N4O2. The number of amides is 1. The van der Waals surface area contributed by atoms with Crippen molar-refractivity contribution in [3.63, 3.8) is 0 Å². The van der Waals surface area contributed by atoms with Gasteiger partial charge in [0.1, 0.15) is 5.69 Å². The van der Waals surface area contributed by atoms with Crippen LogP contribution in [0, 0.1) is 5.92 Å². The second kappa shape index (κ2) is 6.97. The molecule has 1 atom stereocenters. The largest absolute Gasteiger partial charge is 0.337 e. The first-order valence-electron chi connectivity index (χ1n) is 8.27. The molecule has 2 aromatic rings. The van der Waals surface area contributed by atoms with Gasteiger partial charge in [-0.15, -0.1) is 0 Å². The second-order valence-electron chi connectivity index (χ2n) is 6.29. The lowest BCUT2D eigenvalue weighted by Gasteiger charge is -2.33. The number of carbonyl (C=O) groups excluding carboxylic acids is 1. The van der Waals surface area contributed by atoms with Gasteiger partial charge < -0.3 is 10.6 Å². The highest BCUT2D eigenvalue weighted by Gasteiger charge is 2.26. The van der Waals surface area contributed by atoms with Crippen molar-refractivity contribution in [2.75, 3.05) is 13.1 Å². The monoisotopic (exact) mass is 326 g/mol. The quantitative estimate of drug-likeness (QED) is 0.925. The highest BCUT2D eigenvalue weighted by molar-refractivity contribution is 5.92. The molecule has 0 saturated carbocycles. The molecule has 1 fully saturated rings. The summed E-state index contributed by atoms with van der Waals surface area (Å²) >= 11 is 0. The third-order valence-electron chi connectivity index (χ3n) is 4.59. The van der Waals surface area contributed by atoms with Crippen molar-refractivity contribution in [3.8, 4) is 5.69 Å². The summed E-state index contributed by atoms with van der Waals surface area (Å²) in [5, 5.41) is 4.26. The van der Waals surface area contributed by atoms with Crippen molar-refractivity contribution < 1.29 is 4.79 Å². The summed E-state index contributed by atoms with van der Waals surface area (Å²) in [7, 11) is 0. The lowest BCUT2D eigenvalue weighted by molar-refractivity contribution is 0.0673. The van der Waals surface area contributed by atoms with E-state index in [0.29, 0.717) is 24.7 Å². The highest BCUT2D eigenvalue weighted by Crippen LogP contribution is 2.20. The summed E-state index contributed by atoms with van der Waals surface area (Å²) in [5.74, 6) is 0.322. The number of likely N-dealkylation sites (tertiary alicyclic amines) is 1. The fraction of sp³-hybridized carbons (Fsp3) is 0.389. The molecule has 6 nitrogen and oxygen atoms in total. The fourth-order valence-corrected chi connectivity index (χ4v) is 3.07. The van der Waals surface area contributed by atoms with Crippen LogP contribution in [0.1, 0.15) is 30.3 Å². The Morgan fingerprint density at radius 1 is 1.17 bits per heavy atom. The molecule has 0 aliphatic carbocycles. The maximum Gasteiger partial charge on any atom is 0.274 e. The molecule has 3 rings (SSSR count). The number of hydrogen-bond donors (Lipinski definition) is 1. The number of benzene rings is 1. The van der Waals surface area contributed by atoms with Crippen LogP contribution in [0.3, 0.4) is 0 Å². The van der Waals surface area contributed by atoms with E-state index >= 15 is 0 Å². The van der Waals surface area contributed by atoms with E-state index in [2.05, 4.69) is 5.10 Å². The molecule has 0 radical (unpaired) electrons. The van der Waals surface area contributed by atoms with Crippen LogP contribution in [-0.4, -0.2) is 39.7 Å². The summed E-state index contributed by atoms with van der Waals surface area (Å²) in [5.41, 5.74) is 6.63. The minimum absolute atomic E-state index is 0.136. The Morgan fingerprint density at radius 2 is 1.83 bits per heavy atom. The van der Waals surface area contributed by atoms with E-state index < -0.39 is 0 Å². The first-order chi connectivity index (χ1) is 11.6. The van der Waals surface area contributed by atoms with Gasteiger partial charge in [0, 0.05) is 25.2 Å². The molecular weight excluding hydrogens is 304 g/mol. The average molecular weight is 326 g/mol. The zero-order valence-corrected chi connectivity index (χ0v) is 13.8. The zero-order chi connectivity index (χ0) is 17.1. The molecule has 1 aromatic carbocycles. The first-order valence-corrected chi connectivity index (χ1v) is 8.27. The minimum Gasteiger partial charge on any atom is -0.337 e. The van der Waals surface area contributed by atoms with Gasteiger partial charge in [-0.2, -0.15) is 9.78 Å². The summed E-state index contributed by atoms with van der Waals surface area (Å²) < 4.78 is 1.27. The van der Waals surface area contributed by atoms with E-state index in [0.717, 1.165) is 12.8 Å². The number of nitrogens with two attached hydrogens (primary N) is 1. The van der Waals surface area contributed by atoms with Crippen molar-refractivity contribution in [1.82, 2.24) is 14.7 Å². The second-order valence-corrected chi connectivity index (χ2v) is 6.29. The van der Waals surface area contributed by atoms with E-state index in [1.807, 2.05) is 25.1 Å². The Labute approximate surface area is 140 Å². The van der Waals surface area contributed by atoms with E-state index in [4.69, 9.17) is 5.73 Å². The Morgan fingerprint density at radius 3 is 2.46 bits per heavy atom. The topological polar surface area (TPSA) is 81.2 Å². The van der Waals surface area contributed by atoms with E-state index in [-0.39, 0.29) is 23.2 Å². The maximum atomic E-state index is 12.7. The molecule has 126 valence electrons. The molecule has 1 aliphatic rings. The lowest BCUT2D eigenvalue weighted by atomic mass is 9.91. The van der Waals surface area contributed by atoms with Gasteiger partial charge in [-0.1, -0.05) is 18.2 Å². The van der Waals surface area contributed by atoms with Crippen LogP contribution in [0.2, 0.25) is 0 Å². The lowest BCUT2D eigenvalue weighted by Crippen LogP contribution is -2.43. The van der Waals surface area contributed by atoms with Crippen molar-refractivity contribution in [3.05, 3.63) is 58.5 Å². The van der Waals surface area contributed by atoms with Crippen LogP contribution in [0.15, 0.2) is 47.3 Å². The van der Waals surface area contributed by atoms with Crippen LogP contribution in [0.4, 0.5) is 0 Å². The molecule has 0 spiro atoms. The van der Waals surface area contributed by atoms with Gasteiger partial charge in [0.2, 0.25) is 0 Å². The van der Waals surface area contributed by atoms with Gasteiger partial charge in [0.05, 0.1) is 5.69 Å². The minimum atomic E-state index is -0.256. The molecule has 6 heteroatoms. The SMILES string of the molecule is CC(N)C1CCN(C(=O)c2ccc(=O)n(-c3ccccc3)n2)CC1. The molecule has 1 aromatic heterocycles. The molecule has 1 amide bonds.